The van der Waals surface area contributed by atoms with E-state index in [1.54, 1.807) is 19.1 Å². The van der Waals surface area contributed by atoms with Gasteiger partial charge in [0.2, 0.25) is 0 Å². The SMILES string of the molecule is Cc1cc(NC2CC(O)C2(C)C)ccc1C(=O)O. The third-order valence-electron chi connectivity index (χ3n) is 4.01. The summed E-state index contributed by atoms with van der Waals surface area (Å²) in [6, 6.07) is 5.45. The number of aryl methyl sites for hydroxylation is 1. The fourth-order valence-corrected chi connectivity index (χ4v) is 2.34. The van der Waals surface area contributed by atoms with E-state index < -0.39 is 5.97 Å². The lowest BCUT2D eigenvalue weighted by atomic mass is 9.64. The van der Waals surface area contributed by atoms with Gasteiger partial charge in [0.25, 0.3) is 0 Å². The van der Waals surface area contributed by atoms with E-state index >= 15 is 0 Å². The number of aliphatic hydroxyl groups is 1. The van der Waals surface area contributed by atoms with E-state index in [0.29, 0.717) is 5.56 Å². The van der Waals surface area contributed by atoms with Crippen LogP contribution in [-0.2, 0) is 0 Å². The second kappa shape index (κ2) is 4.28. The molecule has 18 heavy (non-hydrogen) atoms. The number of rotatable bonds is 3. The van der Waals surface area contributed by atoms with Crippen molar-refractivity contribution in [1.82, 2.24) is 0 Å². The molecule has 98 valence electrons. The Morgan fingerprint density at radius 3 is 2.56 bits per heavy atom. The van der Waals surface area contributed by atoms with E-state index in [9.17, 15) is 9.90 Å². The molecule has 4 heteroatoms. The van der Waals surface area contributed by atoms with Gasteiger partial charge in [0, 0.05) is 17.1 Å². The molecule has 1 aromatic rings. The van der Waals surface area contributed by atoms with Gasteiger partial charge < -0.3 is 15.5 Å². The Morgan fingerprint density at radius 1 is 1.44 bits per heavy atom. The molecule has 0 saturated heterocycles. The van der Waals surface area contributed by atoms with Crippen molar-refractivity contribution in [2.45, 2.75) is 39.3 Å². The zero-order chi connectivity index (χ0) is 13.5. The van der Waals surface area contributed by atoms with Crippen LogP contribution < -0.4 is 5.32 Å². The van der Waals surface area contributed by atoms with Gasteiger partial charge in [0.15, 0.2) is 0 Å². The van der Waals surface area contributed by atoms with Crippen LogP contribution in [0.15, 0.2) is 18.2 Å². The first-order valence-corrected chi connectivity index (χ1v) is 6.11. The minimum atomic E-state index is -0.904. The number of hydrogen-bond acceptors (Lipinski definition) is 3. The van der Waals surface area contributed by atoms with E-state index in [1.807, 2.05) is 19.9 Å². The molecule has 0 bridgehead atoms. The molecule has 0 amide bonds. The third-order valence-corrected chi connectivity index (χ3v) is 4.01. The molecular weight excluding hydrogens is 230 g/mol. The average Bonchev–Trinajstić information content (AvgIpc) is 2.28. The molecule has 1 aliphatic rings. The van der Waals surface area contributed by atoms with Gasteiger partial charge in [-0.2, -0.15) is 0 Å². The van der Waals surface area contributed by atoms with Gasteiger partial charge in [-0.05, 0) is 37.1 Å². The highest BCUT2D eigenvalue weighted by molar-refractivity contribution is 5.89. The number of aromatic carboxylic acids is 1. The van der Waals surface area contributed by atoms with Crippen molar-refractivity contribution in [2.24, 2.45) is 5.41 Å². The van der Waals surface area contributed by atoms with Gasteiger partial charge in [0.1, 0.15) is 0 Å². The molecule has 2 rings (SSSR count). The van der Waals surface area contributed by atoms with Crippen molar-refractivity contribution in [3.05, 3.63) is 29.3 Å². The summed E-state index contributed by atoms with van der Waals surface area (Å²) in [5, 5.41) is 22.0. The fourth-order valence-electron chi connectivity index (χ4n) is 2.34. The Labute approximate surface area is 107 Å². The molecule has 0 heterocycles. The molecule has 0 radical (unpaired) electrons. The van der Waals surface area contributed by atoms with Gasteiger partial charge in [-0.15, -0.1) is 0 Å². The van der Waals surface area contributed by atoms with Crippen molar-refractivity contribution in [3.8, 4) is 0 Å². The van der Waals surface area contributed by atoms with Crippen LogP contribution in [0.1, 0.15) is 36.2 Å². The highest BCUT2D eigenvalue weighted by Gasteiger charge is 2.47. The van der Waals surface area contributed by atoms with Gasteiger partial charge >= 0.3 is 5.97 Å². The van der Waals surface area contributed by atoms with Crippen molar-refractivity contribution in [1.29, 1.82) is 0 Å². The predicted molar refractivity (Wildman–Crippen MR) is 70.0 cm³/mol. The number of carboxylic acids is 1. The van der Waals surface area contributed by atoms with Gasteiger partial charge in [-0.25, -0.2) is 4.79 Å². The van der Waals surface area contributed by atoms with E-state index in [4.69, 9.17) is 5.11 Å². The zero-order valence-electron chi connectivity index (χ0n) is 10.9. The largest absolute Gasteiger partial charge is 0.478 e. The lowest BCUT2D eigenvalue weighted by molar-refractivity contribution is -0.0510. The first-order chi connectivity index (χ1) is 8.32. The van der Waals surface area contributed by atoms with Crippen LogP contribution in [-0.4, -0.2) is 28.3 Å². The van der Waals surface area contributed by atoms with Crippen LogP contribution in [0.5, 0.6) is 0 Å². The quantitative estimate of drug-likeness (QED) is 0.768. The summed E-state index contributed by atoms with van der Waals surface area (Å²) < 4.78 is 0. The highest BCUT2D eigenvalue weighted by atomic mass is 16.4. The molecular formula is C14H19NO3. The Morgan fingerprint density at radius 2 is 2.11 bits per heavy atom. The second-order valence-corrected chi connectivity index (χ2v) is 5.60. The summed E-state index contributed by atoms with van der Waals surface area (Å²) in [6.45, 7) is 5.84. The number of anilines is 1. The molecule has 2 atom stereocenters. The Balaban J connectivity index is 2.12. The Bertz CT molecular complexity index is 482. The Hall–Kier alpha value is -1.55. The number of carbonyl (C=O) groups is 1. The van der Waals surface area contributed by atoms with Crippen LogP contribution in [0.3, 0.4) is 0 Å². The first-order valence-electron chi connectivity index (χ1n) is 6.11. The molecule has 4 nitrogen and oxygen atoms in total. The summed E-state index contributed by atoms with van der Waals surface area (Å²) in [6.07, 6.45) is 0.460. The summed E-state index contributed by atoms with van der Waals surface area (Å²) in [5.74, 6) is -0.904. The fraction of sp³-hybridized carbons (Fsp3) is 0.500. The van der Waals surface area contributed by atoms with E-state index in [-0.39, 0.29) is 17.6 Å². The predicted octanol–water partition coefficient (Wildman–Crippen LogP) is 2.26. The molecule has 1 aliphatic carbocycles. The van der Waals surface area contributed by atoms with E-state index in [1.165, 1.54) is 0 Å². The average molecular weight is 249 g/mol. The van der Waals surface area contributed by atoms with Crippen molar-refractivity contribution >= 4 is 11.7 Å². The van der Waals surface area contributed by atoms with Crippen molar-refractivity contribution in [3.63, 3.8) is 0 Å². The molecule has 0 aliphatic heterocycles. The van der Waals surface area contributed by atoms with E-state index in [0.717, 1.165) is 17.7 Å². The van der Waals surface area contributed by atoms with E-state index in [2.05, 4.69) is 5.32 Å². The third kappa shape index (κ3) is 2.08. The summed E-state index contributed by atoms with van der Waals surface area (Å²) in [4.78, 5) is 10.9. The van der Waals surface area contributed by atoms with Crippen LogP contribution >= 0.6 is 0 Å². The molecule has 2 unspecified atom stereocenters. The maximum Gasteiger partial charge on any atom is 0.335 e. The molecule has 3 N–H and O–H groups in total. The smallest absolute Gasteiger partial charge is 0.335 e. The summed E-state index contributed by atoms with van der Waals surface area (Å²) in [5.41, 5.74) is 1.83. The first kappa shape index (κ1) is 12.9. The summed E-state index contributed by atoms with van der Waals surface area (Å²) >= 11 is 0. The molecule has 0 aromatic heterocycles. The maximum absolute atomic E-state index is 10.9. The van der Waals surface area contributed by atoms with Gasteiger partial charge in [-0.3, -0.25) is 0 Å². The number of carboxylic acid groups (broad SMARTS) is 1. The topological polar surface area (TPSA) is 69.6 Å². The van der Waals surface area contributed by atoms with Crippen LogP contribution in [0.25, 0.3) is 0 Å². The monoisotopic (exact) mass is 249 g/mol. The van der Waals surface area contributed by atoms with Crippen molar-refractivity contribution < 1.29 is 15.0 Å². The Kier molecular flexibility index (Phi) is 3.07. The number of nitrogens with one attached hydrogen (secondary N) is 1. The normalized spacial score (nSPS) is 25.3. The van der Waals surface area contributed by atoms with Crippen LogP contribution in [0.4, 0.5) is 5.69 Å². The molecule has 0 spiro atoms. The molecule has 1 saturated carbocycles. The maximum atomic E-state index is 10.9. The van der Waals surface area contributed by atoms with Crippen molar-refractivity contribution in [2.75, 3.05) is 5.32 Å². The summed E-state index contributed by atoms with van der Waals surface area (Å²) in [7, 11) is 0. The number of benzene rings is 1. The van der Waals surface area contributed by atoms with Crippen LogP contribution in [0.2, 0.25) is 0 Å². The van der Waals surface area contributed by atoms with Crippen LogP contribution in [0, 0.1) is 12.3 Å². The van der Waals surface area contributed by atoms with Gasteiger partial charge in [-0.1, -0.05) is 13.8 Å². The lowest BCUT2D eigenvalue weighted by Crippen LogP contribution is -2.56. The number of hydrogen-bond donors (Lipinski definition) is 3. The minimum Gasteiger partial charge on any atom is -0.478 e. The van der Waals surface area contributed by atoms with Gasteiger partial charge in [0.05, 0.1) is 11.7 Å². The molecule has 1 aromatic carbocycles. The number of aliphatic hydroxyl groups excluding tert-OH is 1. The second-order valence-electron chi connectivity index (χ2n) is 5.60. The highest BCUT2D eigenvalue weighted by Crippen LogP contribution is 2.42. The standard InChI is InChI=1S/C14H19NO3/c1-8-6-9(4-5-10(8)13(17)18)15-11-7-12(16)14(11,2)3/h4-6,11-12,15-16H,7H2,1-3H3,(H,17,18). The zero-order valence-corrected chi connectivity index (χ0v) is 10.9. The lowest BCUT2D eigenvalue weighted by Gasteiger charge is -2.49. The minimum absolute atomic E-state index is 0.140. The molecule has 1 fully saturated rings.